The summed E-state index contributed by atoms with van der Waals surface area (Å²) in [6.45, 7) is 2.18. The number of thiophene rings is 1. The molecular formula is C23H30Cl2N8O2S. The largest absolute Gasteiger partial charge is 0.396 e. The van der Waals surface area contributed by atoms with Crippen molar-refractivity contribution in [3.63, 3.8) is 0 Å². The molecule has 2 unspecified atom stereocenters. The van der Waals surface area contributed by atoms with Gasteiger partial charge in [-0.1, -0.05) is 35.9 Å². The second-order valence-corrected chi connectivity index (χ2v) is 9.41. The molecule has 13 heteroatoms. The summed E-state index contributed by atoms with van der Waals surface area (Å²) in [6, 6.07) is 10.6. The number of hydrogen-bond acceptors (Lipinski definition) is 10. The van der Waals surface area contributed by atoms with Crippen LogP contribution in [-0.2, 0) is 11.3 Å². The minimum Gasteiger partial charge on any atom is -0.396 e. The van der Waals surface area contributed by atoms with Crippen molar-refractivity contribution in [3.05, 3.63) is 57.2 Å². The lowest BCUT2D eigenvalue weighted by Crippen LogP contribution is -2.58. The van der Waals surface area contributed by atoms with Crippen molar-refractivity contribution in [2.45, 2.75) is 25.0 Å². The van der Waals surface area contributed by atoms with Gasteiger partial charge in [0.15, 0.2) is 0 Å². The lowest BCUT2D eigenvalue weighted by atomic mass is 10.0. The van der Waals surface area contributed by atoms with Gasteiger partial charge in [0.05, 0.1) is 12.6 Å². The lowest BCUT2D eigenvalue weighted by Gasteiger charge is -2.35. The molecule has 1 aliphatic rings. The van der Waals surface area contributed by atoms with E-state index < -0.39 is 6.04 Å². The second-order valence-electron chi connectivity index (χ2n) is 7.97. The molecule has 0 radical (unpaired) electrons. The number of aliphatic hydroxyl groups is 1. The van der Waals surface area contributed by atoms with Gasteiger partial charge in [-0.05, 0) is 29.5 Å². The molecule has 36 heavy (non-hydrogen) atoms. The van der Waals surface area contributed by atoms with Crippen LogP contribution < -0.4 is 26.2 Å². The molecule has 3 aromatic rings. The first-order valence-electron chi connectivity index (χ1n) is 11.4. The molecule has 2 aromatic heterocycles. The smallest absolute Gasteiger partial charge is 0.244 e. The highest BCUT2D eigenvalue weighted by molar-refractivity contribution is 7.09. The molecule has 1 saturated heterocycles. The van der Waals surface area contributed by atoms with Gasteiger partial charge in [0.25, 0.3) is 0 Å². The van der Waals surface area contributed by atoms with Crippen LogP contribution in [0, 0.1) is 0 Å². The molecule has 1 aromatic carbocycles. The minimum absolute atomic E-state index is 0. The molecule has 0 saturated carbocycles. The summed E-state index contributed by atoms with van der Waals surface area (Å²) in [5, 5.41) is 24.8. The van der Waals surface area contributed by atoms with E-state index in [2.05, 4.69) is 36.2 Å². The molecule has 194 valence electrons. The van der Waals surface area contributed by atoms with Gasteiger partial charge < -0.3 is 31.3 Å². The van der Waals surface area contributed by atoms with Crippen molar-refractivity contribution in [2.24, 2.45) is 0 Å². The third-order valence-corrected chi connectivity index (χ3v) is 6.89. The fourth-order valence-electron chi connectivity index (χ4n) is 3.90. The van der Waals surface area contributed by atoms with Gasteiger partial charge in [0.2, 0.25) is 23.8 Å². The highest BCUT2D eigenvalue weighted by atomic mass is 35.5. The summed E-state index contributed by atoms with van der Waals surface area (Å²) < 4.78 is 0. The summed E-state index contributed by atoms with van der Waals surface area (Å²) in [5.74, 6) is 0.997. The zero-order chi connectivity index (χ0) is 24.6. The van der Waals surface area contributed by atoms with Gasteiger partial charge in [0.1, 0.15) is 6.04 Å². The third kappa shape index (κ3) is 6.95. The Morgan fingerprint density at radius 1 is 1.25 bits per heavy atom. The average molecular weight is 554 g/mol. The lowest BCUT2D eigenvalue weighted by molar-refractivity contribution is -0.122. The van der Waals surface area contributed by atoms with Crippen LogP contribution >= 0.6 is 35.3 Å². The SMILES string of the molecule is CNc1nc(NC(CCO)c2ccccc2Cl)nc(N2CCNCC2C(=O)NCc2cccs2)n1.Cl. The maximum absolute atomic E-state index is 13.1. The summed E-state index contributed by atoms with van der Waals surface area (Å²) in [6.07, 6.45) is 0.418. The molecule has 1 fully saturated rings. The Kier molecular flexibility index (Phi) is 10.5. The summed E-state index contributed by atoms with van der Waals surface area (Å²) in [5.41, 5.74) is 0.837. The standard InChI is InChI=1S/C23H29ClN8O2S.ClH/c1-25-21-29-22(28-18(8-11-33)16-6-2-3-7-17(16)24)31-23(30-21)32-10-9-26-14-19(32)20(34)27-13-15-5-4-12-35-15;/h2-7,12,18-19,26,33H,8-11,13-14H2,1H3,(H,27,34)(H2,25,28,29,30,31);1H. The summed E-state index contributed by atoms with van der Waals surface area (Å²) in [4.78, 5) is 29.7. The van der Waals surface area contributed by atoms with Gasteiger partial charge in [-0.15, -0.1) is 23.7 Å². The number of benzene rings is 1. The van der Waals surface area contributed by atoms with Crippen LogP contribution in [0.2, 0.25) is 5.02 Å². The first-order valence-corrected chi connectivity index (χ1v) is 12.7. The van der Waals surface area contributed by atoms with Crippen molar-refractivity contribution >= 4 is 59.1 Å². The monoisotopic (exact) mass is 552 g/mol. The van der Waals surface area contributed by atoms with Crippen LogP contribution in [0.15, 0.2) is 41.8 Å². The number of hydrogen-bond donors (Lipinski definition) is 5. The number of nitrogens with zero attached hydrogens (tertiary/aromatic N) is 4. The van der Waals surface area contributed by atoms with Crippen LogP contribution in [0.25, 0.3) is 0 Å². The minimum atomic E-state index is -0.472. The van der Waals surface area contributed by atoms with E-state index >= 15 is 0 Å². The van der Waals surface area contributed by atoms with E-state index in [1.54, 1.807) is 24.5 Å². The first kappa shape index (κ1) is 27.9. The quantitative estimate of drug-likeness (QED) is 0.258. The molecule has 2 atom stereocenters. The fraction of sp³-hybridized carbons (Fsp3) is 0.391. The van der Waals surface area contributed by atoms with Crippen LogP contribution in [0.1, 0.15) is 22.9 Å². The van der Waals surface area contributed by atoms with Crippen molar-refractivity contribution < 1.29 is 9.90 Å². The molecule has 0 spiro atoms. The summed E-state index contributed by atoms with van der Waals surface area (Å²) >= 11 is 8.01. The molecular weight excluding hydrogens is 523 g/mol. The van der Waals surface area contributed by atoms with Crippen LogP contribution in [0.5, 0.6) is 0 Å². The van der Waals surface area contributed by atoms with Crippen molar-refractivity contribution in [2.75, 3.05) is 48.8 Å². The Balaban J connectivity index is 0.00000361. The van der Waals surface area contributed by atoms with Crippen LogP contribution in [0.4, 0.5) is 17.8 Å². The molecule has 0 aliphatic carbocycles. The summed E-state index contributed by atoms with van der Waals surface area (Å²) in [7, 11) is 1.73. The molecule has 0 bridgehead atoms. The van der Waals surface area contributed by atoms with Crippen molar-refractivity contribution in [3.8, 4) is 0 Å². The average Bonchev–Trinajstić information content (AvgIpc) is 3.41. The van der Waals surface area contributed by atoms with Gasteiger partial charge in [-0.25, -0.2) is 0 Å². The number of carbonyl (C=O) groups is 1. The topological polar surface area (TPSA) is 127 Å². The number of nitrogens with one attached hydrogen (secondary N) is 4. The van der Waals surface area contributed by atoms with Gasteiger partial charge in [-0.2, -0.15) is 15.0 Å². The van der Waals surface area contributed by atoms with E-state index in [1.165, 1.54) is 0 Å². The molecule has 3 heterocycles. The Morgan fingerprint density at radius 3 is 2.78 bits per heavy atom. The normalized spacial score (nSPS) is 16.1. The van der Waals surface area contributed by atoms with E-state index in [4.69, 9.17) is 11.6 Å². The number of aliphatic hydroxyl groups excluding tert-OH is 1. The number of halogens is 2. The number of amides is 1. The van der Waals surface area contributed by atoms with Crippen molar-refractivity contribution in [1.82, 2.24) is 25.6 Å². The van der Waals surface area contributed by atoms with E-state index in [9.17, 15) is 9.90 Å². The maximum atomic E-state index is 13.1. The Morgan fingerprint density at radius 2 is 2.06 bits per heavy atom. The number of aromatic nitrogens is 3. The Hall–Kier alpha value is -2.70. The molecule has 1 amide bonds. The maximum Gasteiger partial charge on any atom is 0.244 e. The Bertz CT molecular complexity index is 1120. The van der Waals surface area contributed by atoms with E-state index in [1.807, 2.05) is 40.6 Å². The molecule has 10 nitrogen and oxygen atoms in total. The predicted octanol–water partition coefficient (Wildman–Crippen LogP) is 2.68. The highest BCUT2D eigenvalue weighted by Gasteiger charge is 2.31. The zero-order valence-corrected chi connectivity index (χ0v) is 22.2. The van der Waals surface area contributed by atoms with Gasteiger partial charge >= 0.3 is 0 Å². The van der Waals surface area contributed by atoms with E-state index in [0.29, 0.717) is 55.5 Å². The van der Waals surface area contributed by atoms with Crippen molar-refractivity contribution in [1.29, 1.82) is 0 Å². The number of anilines is 3. The molecule has 5 N–H and O–H groups in total. The number of piperazine rings is 1. The molecule has 4 rings (SSSR count). The predicted molar refractivity (Wildman–Crippen MR) is 146 cm³/mol. The van der Waals surface area contributed by atoms with Crippen LogP contribution in [0.3, 0.4) is 0 Å². The molecule has 1 aliphatic heterocycles. The highest BCUT2D eigenvalue weighted by Crippen LogP contribution is 2.28. The van der Waals surface area contributed by atoms with Gasteiger partial charge in [-0.3, -0.25) is 4.79 Å². The zero-order valence-electron chi connectivity index (χ0n) is 19.8. The number of rotatable bonds is 10. The van der Waals surface area contributed by atoms with Crippen LogP contribution in [-0.4, -0.2) is 65.3 Å². The van der Waals surface area contributed by atoms with Gasteiger partial charge in [0, 0.05) is 43.2 Å². The first-order chi connectivity index (χ1) is 17.1. The second kappa shape index (κ2) is 13.6. The fourth-order valence-corrected chi connectivity index (χ4v) is 4.81. The van der Waals surface area contributed by atoms with E-state index in [0.717, 1.165) is 10.4 Å². The third-order valence-electron chi connectivity index (χ3n) is 5.67. The Labute approximate surface area is 225 Å². The number of carbonyl (C=O) groups excluding carboxylic acids is 1. The van der Waals surface area contributed by atoms with E-state index in [-0.39, 0.29) is 31.0 Å².